The van der Waals surface area contributed by atoms with Crippen LogP contribution in [0.2, 0.25) is 0 Å². The standard InChI is InChI=1S/C32H50N4O9/c1-6-10-23(34-31(43)29(20(5)7-2)36-26(38)13-9-14-28(40)41)30(42)35-24(15-19(3)4)25(37)17-27(39)33-18-21-11-8-12-22(16-21)32(44)45/h8,11-12,16,19-20,23-25,29,37H,6-7,9-10,13-15,17-18H2,1-5H3,(H,33,39)(H,34,43)(H,35,42)(H,36,38)(H,40,41)(H,44,45)/t20-,23-,24-,25-,29-/m0/s1. The Balaban J connectivity index is 2.92. The van der Waals surface area contributed by atoms with E-state index in [-0.39, 0.29) is 56.0 Å². The summed E-state index contributed by atoms with van der Waals surface area (Å²) in [6.07, 6.45) is 0.119. The summed E-state index contributed by atoms with van der Waals surface area (Å²) >= 11 is 0. The molecule has 0 unspecified atom stereocenters. The lowest BCUT2D eigenvalue weighted by Crippen LogP contribution is -2.57. The molecule has 1 rings (SSSR count). The van der Waals surface area contributed by atoms with Crippen LogP contribution < -0.4 is 21.3 Å². The number of aliphatic carboxylic acids is 1. The van der Waals surface area contributed by atoms with Crippen molar-refractivity contribution in [2.24, 2.45) is 11.8 Å². The molecule has 13 heteroatoms. The number of benzene rings is 1. The van der Waals surface area contributed by atoms with Gasteiger partial charge in [-0.05, 0) is 48.8 Å². The van der Waals surface area contributed by atoms with Crippen LogP contribution in [0.5, 0.6) is 0 Å². The smallest absolute Gasteiger partial charge is 0.335 e. The predicted octanol–water partition coefficient (Wildman–Crippen LogP) is 2.35. The molecule has 0 heterocycles. The van der Waals surface area contributed by atoms with E-state index >= 15 is 0 Å². The maximum atomic E-state index is 13.4. The first-order valence-electron chi connectivity index (χ1n) is 15.6. The van der Waals surface area contributed by atoms with E-state index in [0.717, 1.165) is 0 Å². The highest BCUT2D eigenvalue weighted by molar-refractivity contribution is 5.92. The van der Waals surface area contributed by atoms with Crippen LogP contribution in [0.15, 0.2) is 24.3 Å². The number of aromatic carboxylic acids is 1. The van der Waals surface area contributed by atoms with Gasteiger partial charge in [-0.25, -0.2) is 4.79 Å². The molecule has 252 valence electrons. The number of rotatable bonds is 21. The second kappa shape index (κ2) is 20.1. The number of hydrogen-bond donors (Lipinski definition) is 7. The van der Waals surface area contributed by atoms with Gasteiger partial charge >= 0.3 is 11.9 Å². The largest absolute Gasteiger partial charge is 0.481 e. The minimum Gasteiger partial charge on any atom is -0.481 e. The molecule has 0 aromatic heterocycles. The van der Waals surface area contributed by atoms with Gasteiger partial charge in [0, 0.05) is 19.4 Å². The summed E-state index contributed by atoms with van der Waals surface area (Å²) in [5, 5.41) is 39.8. The second-order valence-corrected chi connectivity index (χ2v) is 11.8. The fourth-order valence-electron chi connectivity index (χ4n) is 4.69. The van der Waals surface area contributed by atoms with Crippen LogP contribution in [0.25, 0.3) is 0 Å². The maximum Gasteiger partial charge on any atom is 0.335 e. The quantitative estimate of drug-likeness (QED) is 0.106. The van der Waals surface area contributed by atoms with E-state index in [2.05, 4.69) is 21.3 Å². The molecule has 0 aliphatic heterocycles. The van der Waals surface area contributed by atoms with Crippen molar-refractivity contribution in [2.75, 3.05) is 0 Å². The van der Waals surface area contributed by atoms with Crippen molar-refractivity contribution < 1.29 is 44.1 Å². The Hall–Kier alpha value is -4.00. The molecule has 7 N–H and O–H groups in total. The van der Waals surface area contributed by atoms with E-state index in [4.69, 9.17) is 10.2 Å². The normalized spacial score (nSPS) is 14.4. The minimum atomic E-state index is -1.24. The highest BCUT2D eigenvalue weighted by Gasteiger charge is 2.32. The van der Waals surface area contributed by atoms with E-state index in [0.29, 0.717) is 24.8 Å². The summed E-state index contributed by atoms with van der Waals surface area (Å²) in [6.45, 7) is 9.37. The Morgan fingerprint density at radius 2 is 1.56 bits per heavy atom. The molecule has 0 bridgehead atoms. The van der Waals surface area contributed by atoms with Crippen LogP contribution in [-0.2, 0) is 30.5 Å². The second-order valence-electron chi connectivity index (χ2n) is 11.8. The van der Waals surface area contributed by atoms with Gasteiger partial charge in [-0.1, -0.05) is 59.6 Å². The lowest BCUT2D eigenvalue weighted by Gasteiger charge is -2.29. The summed E-state index contributed by atoms with van der Waals surface area (Å²) in [4.78, 5) is 73.8. The van der Waals surface area contributed by atoms with Crippen molar-refractivity contribution in [3.63, 3.8) is 0 Å². The number of hydrogen-bond acceptors (Lipinski definition) is 7. The maximum absolute atomic E-state index is 13.4. The van der Waals surface area contributed by atoms with Crippen LogP contribution in [0.1, 0.15) is 102 Å². The number of carbonyl (C=O) groups is 6. The number of carboxylic acid groups (broad SMARTS) is 2. The fourth-order valence-corrected chi connectivity index (χ4v) is 4.69. The van der Waals surface area contributed by atoms with Crippen LogP contribution in [0, 0.1) is 11.8 Å². The predicted molar refractivity (Wildman–Crippen MR) is 167 cm³/mol. The van der Waals surface area contributed by atoms with Gasteiger partial charge < -0.3 is 36.6 Å². The molecule has 1 aromatic rings. The van der Waals surface area contributed by atoms with Crippen molar-refractivity contribution in [1.29, 1.82) is 0 Å². The average molecular weight is 635 g/mol. The monoisotopic (exact) mass is 634 g/mol. The number of aliphatic hydroxyl groups excluding tert-OH is 1. The Bertz CT molecular complexity index is 1160. The number of carbonyl (C=O) groups excluding carboxylic acids is 4. The third-order valence-corrected chi connectivity index (χ3v) is 7.39. The van der Waals surface area contributed by atoms with Crippen molar-refractivity contribution in [1.82, 2.24) is 21.3 Å². The zero-order chi connectivity index (χ0) is 34.1. The molecule has 0 saturated carbocycles. The Morgan fingerprint density at radius 1 is 0.867 bits per heavy atom. The van der Waals surface area contributed by atoms with Gasteiger partial charge in [0.25, 0.3) is 0 Å². The molecule has 5 atom stereocenters. The van der Waals surface area contributed by atoms with E-state index in [1.165, 1.54) is 12.1 Å². The van der Waals surface area contributed by atoms with Crippen LogP contribution >= 0.6 is 0 Å². The van der Waals surface area contributed by atoms with Crippen molar-refractivity contribution in [3.8, 4) is 0 Å². The van der Waals surface area contributed by atoms with Crippen molar-refractivity contribution >= 4 is 35.6 Å². The van der Waals surface area contributed by atoms with Gasteiger partial charge in [0.1, 0.15) is 12.1 Å². The summed E-state index contributed by atoms with van der Waals surface area (Å²) in [7, 11) is 0. The molecule has 4 amide bonds. The van der Waals surface area contributed by atoms with Gasteiger partial charge in [0.15, 0.2) is 0 Å². The molecule has 0 aliphatic carbocycles. The molecular formula is C32H50N4O9. The van der Waals surface area contributed by atoms with Crippen LogP contribution in [-0.4, -0.2) is 75.1 Å². The Kier molecular flexibility index (Phi) is 17.4. The summed E-state index contributed by atoms with van der Waals surface area (Å²) in [5.74, 6) is -4.33. The van der Waals surface area contributed by atoms with Crippen LogP contribution in [0.3, 0.4) is 0 Å². The average Bonchev–Trinajstić information content (AvgIpc) is 2.97. The molecule has 0 aliphatic rings. The molecular weight excluding hydrogens is 584 g/mol. The van der Waals surface area contributed by atoms with Crippen LogP contribution in [0.4, 0.5) is 0 Å². The van der Waals surface area contributed by atoms with Gasteiger partial charge in [-0.2, -0.15) is 0 Å². The third-order valence-electron chi connectivity index (χ3n) is 7.39. The molecule has 0 fully saturated rings. The van der Waals surface area contributed by atoms with Gasteiger partial charge in [0.2, 0.25) is 23.6 Å². The summed E-state index contributed by atoms with van der Waals surface area (Å²) < 4.78 is 0. The highest BCUT2D eigenvalue weighted by Crippen LogP contribution is 2.14. The molecule has 0 radical (unpaired) electrons. The minimum absolute atomic E-state index is 0.0529. The SMILES string of the molecule is CCC[C@H](NC(=O)[C@@H](NC(=O)CCCC(=O)O)[C@@H](C)CC)C(=O)N[C@@H](CC(C)C)[C@@H](O)CC(=O)NCc1cccc(C(=O)O)c1. The zero-order valence-corrected chi connectivity index (χ0v) is 26.9. The van der Waals surface area contributed by atoms with Gasteiger partial charge in [-0.15, -0.1) is 0 Å². The molecule has 0 saturated heterocycles. The lowest BCUT2D eigenvalue weighted by molar-refractivity contribution is -0.137. The molecule has 13 nitrogen and oxygen atoms in total. The Labute approximate surface area is 264 Å². The highest BCUT2D eigenvalue weighted by atomic mass is 16.4. The Morgan fingerprint density at radius 3 is 2.13 bits per heavy atom. The lowest BCUT2D eigenvalue weighted by atomic mass is 9.95. The van der Waals surface area contributed by atoms with Gasteiger partial charge in [0.05, 0.1) is 24.1 Å². The summed E-state index contributed by atoms with van der Waals surface area (Å²) in [5.41, 5.74) is 0.666. The van der Waals surface area contributed by atoms with E-state index in [1.807, 2.05) is 27.7 Å². The summed E-state index contributed by atoms with van der Waals surface area (Å²) in [6, 6.07) is 3.43. The zero-order valence-electron chi connectivity index (χ0n) is 26.9. The number of carboxylic acids is 2. The topological polar surface area (TPSA) is 211 Å². The number of amides is 4. The van der Waals surface area contributed by atoms with E-state index in [9.17, 15) is 33.9 Å². The molecule has 45 heavy (non-hydrogen) atoms. The number of nitrogens with one attached hydrogen (secondary N) is 4. The number of aliphatic hydroxyl groups is 1. The first-order chi connectivity index (χ1) is 21.2. The fraction of sp³-hybridized carbons (Fsp3) is 0.625. The molecule has 1 aromatic carbocycles. The first kappa shape index (κ1) is 39.0. The first-order valence-corrected chi connectivity index (χ1v) is 15.6. The van der Waals surface area contributed by atoms with E-state index < -0.39 is 59.8 Å². The van der Waals surface area contributed by atoms with E-state index in [1.54, 1.807) is 19.1 Å². The molecule has 0 spiro atoms. The van der Waals surface area contributed by atoms with Crippen molar-refractivity contribution in [3.05, 3.63) is 35.4 Å². The van der Waals surface area contributed by atoms with Crippen molar-refractivity contribution in [2.45, 2.75) is 117 Å². The third kappa shape index (κ3) is 15.0. The van der Waals surface area contributed by atoms with Gasteiger partial charge in [-0.3, -0.25) is 24.0 Å².